The average molecular weight is 442 g/mol. The zero-order chi connectivity index (χ0) is 23.6. The number of ketones is 2. The third kappa shape index (κ3) is 3.77. The summed E-state index contributed by atoms with van der Waals surface area (Å²) >= 11 is 0. The van der Waals surface area contributed by atoms with E-state index in [0.29, 0.717) is 0 Å². The van der Waals surface area contributed by atoms with Gasteiger partial charge in [-0.05, 0) is 31.5 Å². The van der Waals surface area contributed by atoms with Gasteiger partial charge >= 0.3 is 11.9 Å². The van der Waals surface area contributed by atoms with E-state index in [1.54, 1.807) is 13.8 Å². The van der Waals surface area contributed by atoms with Crippen molar-refractivity contribution in [1.82, 2.24) is 0 Å². The van der Waals surface area contributed by atoms with E-state index >= 15 is 0 Å². The summed E-state index contributed by atoms with van der Waals surface area (Å²) in [6.45, 7) is 3.16. The summed E-state index contributed by atoms with van der Waals surface area (Å²) in [6.07, 6.45) is -0.412. The van der Waals surface area contributed by atoms with E-state index in [9.17, 15) is 29.4 Å². The van der Waals surface area contributed by atoms with Crippen LogP contribution in [0.25, 0.3) is 0 Å². The number of aromatic hydroxyl groups is 2. The number of fused-ring (bicyclic) bond motifs is 2. The minimum atomic E-state index is -1.44. The maximum absolute atomic E-state index is 13.2. The van der Waals surface area contributed by atoms with Crippen molar-refractivity contribution in [3.8, 4) is 17.2 Å². The quantitative estimate of drug-likeness (QED) is 0.320. The first-order valence-corrected chi connectivity index (χ1v) is 9.94. The number of phenols is 2. The second kappa shape index (κ2) is 9.09. The number of phenolic OH excluding ortho intramolecular Hbond substituents is 2. The molecule has 0 saturated heterocycles. The van der Waals surface area contributed by atoms with Gasteiger partial charge in [0.15, 0.2) is 11.7 Å². The molecule has 32 heavy (non-hydrogen) atoms. The highest BCUT2D eigenvalue weighted by molar-refractivity contribution is 6.31. The van der Waals surface area contributed by atoms with Gasteiger partial charge in [-0.15, -0.1) is 0 Å². The van der Waals surface area contributed by atoms with Crippen molar-refractivity contribution in [3.05, 3.63) is 52.1 Å². The molecule has 0 aliphatic heterocycles. The lowest BCUT2D eigenvalue weighted by atomic mass is 9.80. The van der Waals surface area contributed by atoms with Crippen LogP contribution in [-0.4, -0.2) is 54.0 Å². The van der Waals surface area contributed by atoms with Crippen LogP contribution in [-0.2, 0) is 25.5 Å². The second-order valence-corrected chi connectivity index (χ2v) is 6.96. The number of benzene rings is 2. The maximum Gasteiger partial charge on any atom is 0.320 e. The molecule has 0 heterocycles. The van der Waals surface area contributed by atoms with Crippen molar-refractivity contribution in [2.75, 3.05) is 20.3 Å². The van der Waals surface area contributed by atoms with Gasteiger partial charge in [0.05, 0.1) is 37.0 Å². The molecule has 1 aliphatic rings. The smallest absolute Gasteiger partial charge is 0.320 e. The Balaban J connectivity index is 2.13. The van der Waals surface area contributed by atoms with Crippen LogP contribution in [0.1, 0.15) is 51.3 Å². The van der Waals surface area contributed by atoms with E-state index in [2.05, 4.69) is 0 Å². The van der Waals surface area contributed by atoms with Crippen LogP contribution in [0.3, 0.4) is 0 Å². The Hall–Kier alpha value is -3.88. The van der Waals surface area contributed by atoms with Crippen molar-refractivity contribution in [3.63, 3.8) is 0 Å². The summed E-state index contributed by atoms with van der Waals surface area (Å²) in [6, 6.07) is 5.49. The van der Waals surface area contributed by atoms with Gasteiger partial charge in [0.25, 0.3) is 0 Å². The van der Waals surface area contributed by atoms with Crippen LogP contribution < -0.4 is 4.74 Å². The second-order valence-electron chi connectivity index (χ2n) is 6.96. The summed E-state index contributed by atoms with van der Waals surface area (Å²) in [5.74, 6) is -5.64. The molecule has 168 valence electrons. The van der Waals surface area contributed by atoms with E-state index < -0.39 is 52.9 Å². The lowest BCUT2D eigenvalue weighted by Gasteiger charge is -2.23. The topological polar surface area (TPSA) is 136 Å². The number of rotatable bonds is 7. The fraction of sp³-hybridized carbons (Fsp3) is 0.304. The first-order valence-electron chi connectivity index (χ1n) is 9.94. The monoisotopic (exact) mass is 442 g/mol. The van der Waals surface area contributed by atoms with Gasteiger partial charge in [-0.2, -0.15) is 0 Å². The first-order chi connectivity index (χ1) is 15.3. The Kier molecular flexibility index (Phi) is 6.47. The number of carbonyl (C=O) groups is 4. The minimum Gasteiger partial charge on any atom is -0.507 e. The number of carbonyl (C=O) groups excluding carboxylic acids is 4. The summed E-state index contributed by atoms with van der Waals surface area (Å²) in [7, 11) is 1.33. The molecule has 2 N–H and O–H groups in total. The van der Waals surface area contributed by atoms with Crippen molar-refractivity contribution >= 4 is 23.5 Å². The molecule has 0 unspecified atom stereocenters. The number of methoxy groups -OCH3 is 1. The van der Waals surface area contributed by atoms with Gasteiger partial charge in [0, 0.05) is 12.0 Å². The summed E-state index contributed by atoms with van der Waals surface area (Å²) in [5.41, 5.74) is -0.895. The molecule has 0 atom stereocenters. The number of ether oxygens (including phenoxy) is 3. The Labute approximate surface area is 183 Å². The molecule has 3 rings (SSSR count). The molecular weight excluding hydrogens is 420 g/mol. The lowest BCUT2D eigenvalue weighted by molar-refractivity contribution is -0.161. The molecule has 0 bridgehead atoms. The Morgan fingerprint density at radius 1 is 0.938 bits per heavy atom. The molecule has 1 aliphatic carbocycles. The predicted molar refractivity (Wildman–Crippen MR) is 110 cm³/mol. The third-order valence-electron chi connectivity index (χ3n) is 5.10. The van der Waals surface area contributed by atoms with Gasteiger partial charge in [0.2, 0.25) is 5.78 Å². The van der Waals surface area contributed by atoms with Gasteiger partial charge in [-0.3, -0.25) is 19.2 Å². The lowest BCUT2D eigenvalue weighted by Crippen LogP contribution is -2.30. The van der Waals surface area contributed by atoms with E-state index in [1.807, 2.05) is 0 Å². The van der Waals surface area contributed by atoms with Crippen LogP contribution in [0.4, 0.5) is 0 Å². The molecule has 0 saturated carbocycles. The standard InChI is InChI=1S/C23H22O9/c1-4-31-22(28)13(23(29)32-5-2)9-11-10-14(24)17-18(19(11)25)21(27)16-12(20(17)26)7-6-8-15(16)30-3/h6-8,10,13,24-25H,4-5,9H2,1-3H3. The highest BCUT2D eigenvalue weighted by Crippen LogP contribution is 2.42. The molecule has 0 spiro atoms. The van der Waals surface area contributed by atoms with Crippen molar-refractivity contribution in [2.45, 2.75) is 20.3 Å². The molecular formula is C23H22O9. The summed E-state index contributed by atoms with van der Waals surface area (Å²) < 4.78 is 15.0. The summed E-state index contributed by atoms with van der Waals surface area (Å²) in [4.78, 5) is 50.8. The SMILES string of the molecule is CCOC(=O)C(Cc1cc(O)c2c(c1O)C(=O)c1c(OC)cccc1C2=O)C(=O)OCC. The number of hydrogen-bond acceptors (Lipinski definition) is 9. The molecule has 9 nitrogen and oxygen atoms in total. The van der Waals surface area contributed by atoms with E-state index in [4.69, 9.17) is 14.2 Å². The van der Waals surface area contributed by atoms with Crippen molar-refractivity contribution in [1.29, 1.82) is 0 Å². The van der Waals surface area contributed by atoms with Crippen LogP contribution in [0.2, 0.25) is 0 Å². The van der Waals surface area contributed by atoms with Crippen LogP contribution in [0, 0.1) is 5.92 Å². The van der Waals surface area contributed by atoms with E-state index in [-0.39, 0.29) is 41.2 Å². The van der Waals surface area contributed by atoms with E-state index in [1.165, 1.54) is 25.3 Å². The molecule has 2 aromatic rings. The molecule has 2 aromatic carbocycles. The van der Waals surface area contributed by atoms with Gasteiger partial charge in [0.1, 0.15) is 17.2 Å². The zero-order valence-corrected chi connectivity index (χ0v) is 17.8. The fourth-order valence-corrected chi connectivity index (χ4v) is 3.67. The molecule has 0 amide bonds. The van der Waals surface area contributed by atoms with Crippen molar-refractivity contribution < 1.29 is 43.6 Å². The van der Waals surface area contributed by atoms with Crippen LogP contribution in [0.15, 0.2) is 24.3 Å². The number of hydrogen-bond donors (Lipinski definition) is 2. The minimum absolute atomic E-state index is 0.0136. The molecule has 0 radical (unpaired) electrons. The molecule has 0 fully saturated rings. The van der Waals surface area contributed by atoms with E-state index in [0.717, 1.165) is 6.07 Å². The largest absolute Gasteiger partial charge is 0.507 e. The molecule has 9 heteroatoms. The first kappa shape index (κ1) is 22.8. The summed E-state index contributed by atoms with van der Waals surface area (Å²) in [5, 5.41) is 21.4. The van der Waals surface area contributed by atoms with Gasteiger partial charge < -0.3 is 24.4 Å². The Bertz CT molecular complexity index is 1100. The van der Waals surface area contributed by atoms with Crippen LogP contribution >= 0.6 is 0 Å². The van der Waals surface area contributed by atoms with Gasteiger partial charge in [-0.25, -0.2) is 0 Å². The number of esters is 2. The van der Waals surface area contributed by atoms with Gasteiger partial charge in [-0.1, -0.05) is 12.1 Å². The zero-order valence-electron chi connectivity index (χ0n) is 17.8. The predicted octanol–water partition coefficient (Wildman–Crippen LogP) is 2.17. The Morgan fingerprint density at radius 3 is 2.12 bits per heavy atom. The average Bonchev–Trinajstić information content (AvgIpc) is 2.77. The normalized spacial score (nSPS) is 12.2. The fourth-order valence-electron chi connectivity index (χ4n) is 3.67. The Morgan fingerprint density at radius 2 is 1.56 bits per heavy atom. The third-order valence-corrected chi connectivity index (χ3v) is 5.10. The highest BCUT2D eigenvalue weighted by Gasteiger charge is 2.39. The molecule has 0 aromatic heterocycles. The van der Waals surface area contributed by atoms with Crippen LogP contribution in [0.5, 0.6) is 17.2 Å². The highest BCUT2D eigenvalue weighted by atomic mass is 16.6. The maximum atomic E-state index is 13.2. The van der Waals surface area contributed by atoms with Crippen molar-refractivity contribution in [2.24, 2.45) is 5.92 Å².